The van der Waals surface area contributed by atoms with Crippen LogP contribution in [0, 0.1) is 0 Å². The van der Waals surface area contributed by atoms with E-state index in [1.54, 1.807) is 24.3 Å². The highest BCUT2D eigenvalue weighted by molar-refractivity contribution is 7.90. The van der Waals surface area contributed by atoms with Crippen LogP contribution in [0.2, 0.25) is 0 Å². The van der Waals surface area contributed by atoms with Crippen molar-refractivity contribution in [3.05, 3.63) is 59.7 Å². The molecule has 0 spiro atoms. The number of nitrogens with zero attached hydrogens (tertiary/aromatic N) is 1. The van der Waals surface area contributed by atoms with Crippen LogP contribution >= 0.6 is 0 Å². The smallest absolute Gasteiger partial charge is 0.263 e. The second kappa shape index (κ2) is 8.44. The lowest BCUT2D eigenvalue weighted by Crippen LogP contribution is -2.38. The largest absolute Gasteiger partial charge is 0.345 e. The van der Waals surface area contributed by atoms with Gasteiger partial charge in [0, 0.05) is 11.3 Å². The van der Waals surface area contributed by atoms with Gasteiger partial charge in [-0.3, -0.25) is 19.3 Å². The molecule has 0 bridgehead atoms. The number of nitrogens with one attached hydrogen (secondary N) is 3. The molecule has 2 aromatic carbocycles. The number of aliphatic imine (C=N–C) groups is 1. The van der Waals surface area contributed by atoms with Crippen molar-refractivity contribution in [1.29, 1.82) is 0 Å². The molecule has 1 atom stereocenters. The first-order chi connectivity index (χ1) is 13.8. The summed E-state index contributed by atoms with van der Waals surface area (Å²) in [6.45, 7) is 3.30. The summed E-state index contributed by atoms with van der Waals surface area (Å²) in [7, 11) is -3.67. The third-order valence-electron chi connectivity index (χ3n) is 4.46. The summed E-state index contributed by atoms with van der Waals surface area (Å²) in [6.07, 6.45) is 0.773. The van der Waals surface area contributed by atoms with Crippen molar-refractivity contribution in [2.24, 2.45) is 4.99 Å². The number of amides is 2. The van der Waals surface area contributed by atoms with Crippen LogP contribution in [0.25, 0.3) is 0 Å². The van der Waals surface area contributed by atoms with Gasteiger partial charge in [0.1, 0.15) is 11.9 Å². The minimum absolute atomic E-state index is 0.115. The van der Waals surface area contributed by atoms with Crippen LogP contribution in [0.1, 0.15) is 25.0 Å². The average molecular weight is 414 g/mol. The molecule has 9 heteroatoms. The number of hydrogen-bond acceptors (Lipinski definition) is 5. The molecule has 0 fully saturated rings. The summed E-state index contributed by atoms with van der Waals surface area (Å²) in [5.74, 6) is -0.726. The Labute approximate surface area is 169 Å². The number of carbonyl (C=O) groups is 2. The van der Waals surface area contributed by atoms with Gasteiger partial charge in [0.2, 0.25) is 11.8 Å². The Balaban J connectivity index is 1.62. The van der Waals surface area contributed by atoms with Crippen molar-refractivity contribution >= 4 is 33.4 Å². The van der Waals surface area contributed by atoms with Gasteiger partial charge in [-0.15, -0.1) is 0 Å². The van der Waals surface area contributed by atoms with Crippen LogP contribution in [0.15, 0.2) is 58.4 Å². The van der Waals surface area contributed by atoms with Gasteiger partial charge in [0.25, 0.3) is 10.0 Å². The molecule has 3 rings (SSSR count). The Hall–Kier alpha value is -3.20. The van der Waals surface area contributed by atoms with Gasteiger partial charge < -0.3 is 10.6 Å². The first kappa shape index (κ1) is 20.5. The number of amidine groups is 1. The van der Waals surface area contributed by atoms with Crippen LogP contribution in [-0.2, 0) is 26.0 Å². The molecule has 0 unspecified atom stereocenters. The summed E-state index contributed by atoms with van der Waals surface area (Å²) in [6, 6.07) is 13.0. The number of aryl methyl sites for hydroxylation is 1. The Morgan fingerprint density at radius 3 is 2.55 bits per heavy atom. The molecule has 152 valence electrons. The van der Waals surface area contributed by atoms with Crippen molar-refractivity contribution in [1.82, 2.24) is 10.0 Å². The maximum absolute atomic E-state index is 12.3. The Morgan fingerprint density at radius 2 is 1.79 bits per heavy atom. The molecular formula is C20H22N4O4S. The lowest BCUT2D eigenvalue weighted by Gasteiger charge is -2.12. The molecule has 0 aliphatic carbocycles. The first-order valence-corrected chi connectivity index (χ1v) is 10.7. The molecule has 2 aromatic rings. The number of fused-ring (bicyclic) bond motifs is 1. The van der Waals surface area contributed by atoms with E-state index < -0.39 is 22.0 Å². The summed E-state index contributed by atoms with van der Waals surface area (Å²) >= 11 is 0. The highest BCUT2D eigenvalue weighted by Gasteiger charge is 2.31. The minimum Gasteiger partial charge on any atom is -0.345 e. The number of benzene rings is 2. The number of carbonyl (C=O) groups excluding carboxylic acids is 2. The molecule has 0 saturated heterocycles. The van der Waals surface area contributed by atoms with Crippen LogP contribution in [0.3, 0.4) is 0 Å². The van der Waals surface area contributed by atoms with Gasteiger partial charge >= 0.3 is 0 Å². The van der Waals surface area contributed by atoms with E-state index in [2.05, 4.69) is 20.3 Å². The molecule has 2 amide bonds. The van der Waals surface area contributed by atoms with E-state index in [1.165, 1.54) is 13.0 Å². The van der Waals surface area contributed by atoms with Gasteiger partial charge in [-0.2, -0.15) is 0 Å². The fourth-order valence-corrected chi connectivity index (χ4v) is 4.18. The molecule has 1 heterocycles. The van der Waals surface area contributed by atoms with Crippen LogP contribution in [0.4, 0.5) is 5.69 Å². The van der Waals surface area contributed by atoms with Crippen molar-refractivity contribution < 1.29 is 18.0 Å². The van der Waals surface area contributed by atoms with E-state index >= 15 is 0 Å². The zero-order valence-electron chi connectivity index (χ0n) is 16.1. The van der Waals surface area contributed by atoms with Gasteiger partial charge in [-0.05, 0) is 37.1 Å². The van der Waals surface area contributed by atoms with Crippen LogP contribution in [0.5, 0.6) is 0 Å². The molecule has 0 radical (unpaired) electrons. The topological polar surface area (TPSA) is 117 Å². The number of para-hydroxylation sites is 1. The zero-order valence-corrected chi connectivity index (χ0v) is 16.9. The van der Waals surface area contributed by atoms with Gasteiger partial charge in [0.15, 0.2) is 0 Å². The second-order valence-electron chi connectivity index (χ2n) is 6.53. The second-order valence-corrected chi connectivity index (χ2v) is 8.18. The van der Waals surface area contributed by atoms with E-state index in [0.29, 0.717) is 11.3 Å². The molecule has 1 aliphatic rings. The van der Waals surface area contributed by atoms with Gasteiger partial charge in [0.05, 0.1) is 11.4 Å². The Kier molecular flexibility index (Phi) is 5.97. The van der Waals surface area contributed by atoms with E-state index in [0.717, 1.165) is 12.0 Å². The zero-order chi connectivity index (χ0) is 21.0. The summed E-state index contributed by atoms with van der Waals surface area (Å²) in [4.78, 5) is 28.8. The highest BCUT2D eigenvalue weighted by Crippen LogP contribution is 2.22. The lowest BCUT2D eigenvalue weighted by molar-refractivity contribution is -0.124. The normalized spacial score (nSPS) is 16.6. The Morgan fingerprint density at radius 1 is 1.10 bits per heavy atom. The standard InChI is InChI=1S/C20H22N4O4S/c1-3-14-8-4-6-10-16(14)23-18(25)12-21-20(26)13(2)22-19-15-9-5-7-11-17(15)29(27,28)24-19/h4-11,13H,3,12H2,1-2H3,(H,21,26)(H,22,24)(H,23,25)/t13-/m0/s1. The average Bonchev–Trinajstić information content (AvgIpc) is 2.96. The van der Waals surface area contributed by atoms with Crippen LogP contribution in [-0.4, -0.2) is 38.7 Å². The van der Waals surface area contributed by atoms with Crippen molar-refractivity contribution in [3.63, 3.8) is 0 Å². The van der Waals surface area contributed by atoms with Gasteiger partial charge in [-0.1, -0.05) is 37.3 Å². The summed E-state index contributed by atoms with van der Waals surface area (Å²) < 4.78 is 26.6. The first-order valence-electron chi connectivity index (χ1n) is 9.17. The molecular weight excluding hydrogens is 392 g/mol. The number of sulfonamides is 1. The quantitative estimate of drug-likeness (QED) is 0.663. The molecule has 8 nitrogen and oxygen atoms in total. The predicted octanol–water partition coefficient (Wildman–Crippen LogP) is 1.43. The SMILES string of the molecule is CCc1ccccc1NC(=O)CNC(=O)[C@H](C)N=C1NS(=O)(=O)c2ccccc21. The molecule has 0 aromatic heterocycles. The van der Waals surface area contributed by atoms with Crippen molar-refractivity contribution in [3.8, 4) is 0 Å². The maximum atomic E-state index is 12.3. The number of rotatable bonds is 6. The number of hydrogen-bond donors (Lipinski definition) is 3. The maximum Gasteiger partial charge on any atom is 0.263 e. The predicted molar refractivity (Wildman–Crippen MR) is 110 cm³/mol. The van der Waals surface area contributed by atoms with Crippen molar-refractivity contribution in [2.45, 2.75) is 31.2 Å². The lowest BCUT2D eigenvalue weighted by atomic mass is 10.1. The fraction of sp³-hybridized carbons (Fsp3) is 0.250. The van der Waals surface area contributed by atoms with E-state index in [4.69, 9.17) is 0 Å². The van der Waals surface area contributed by atoms with E-state index in [1.807, 2.05) is 25.1 Å². The highest BCUT2D eigenvalue weighted by atomic mass is 32.2. The third kappa shape index (κ3) is 4.62. The summed E-state index contributed by atoms with van der Waals surface area (Å²) in [5, 5.41) is 5.29. The summed E-state index contributed by atoms with van der Waals surface area (Å²) in [5.41, 5.74) is 2.12. The van der Waals surface area contributed by atoms with E-state index in [-0.39, 0.29) is 23.2 Å². The van der Waals surface area contributed by atoms with Crippen molar-refractivity contribution in [2.75, 3.05) is 11.9 Å². The number of anilines is 1. The third-order valence-corrected chi connectivity index (χ3v) is 5.86. The molecule has 1 aliphatic heterocycles. The Bertz CT molecular complexity index is 1080. The minimum atomic E-state index is -3.67. The monoisotopic (exact) mass is 414 g/mol. The molecule has 0 saturated carbocycles. The fourth-order valence-electron chi connectivity index (χ4n) is 2.94. The van der Waals surface area contributed by atoms with Crippen LogP contribution < -0.4 is 15.4 Å². The van der Waals surface area contributed by atoms with E-state index in [9.17, 15) is 18.0 Å². The van der Waals surface area contributed by atoms with Gasteiger partial charge in [-0.25, -0.2) is 8.42 Å². The molecule has 3 N–H and O–H groups in total. The molecule has 29 heavy (non-hydrogen) atoms.